The standard InChI is InChI=1S/C19H22FN3O/c20-17-8-4-5-9-18(17)21-11-10-19(24)23-14-12-22(13-15-23)16-6-2-1-3-7-16/h1-9,21H,10-15H2. The van der Waals surface area contributed by atoms with Crippen LogP contribution in [-0.4, -0.2) is 43.5 Å². The molecule has 0 spiro atoms. The maximum atomic E-state index is 13.5. The number of anilines is 2. The van der Waals surface area contributed by atoms with Crippen LogP contribution in [-0.2, 0) is 4.79 Å². The van der Waals surface area contributed by atoms with Crippen molar-refractivity contribution in [2.75, 3.05) is 42.9 Å². The molecule has 0 radical (unpaired) electrons. The molecule has 0 unspecified atom stereocenters. The van der Waals surface area contributed by atoms with E-state index in [9.17, 15) is 9.18 Å². The summed E-state index contributed by atoms with van der Waals surface area (Å²) in [5.74, 6) is -0.173. The van der Waals surface area contributed by atoms with Crippen LogP contribution >= 0.6 is 0 Å². The molecule has 3 rings (SSSR count). The van der Waals surface area contributed by atoms with Gasteiger partial charge in [-0.1, -0.05) is 30.3 Å². The third kappa shape index (κ3) is 4.04. The fourth-order valence-corrected chi connectivity index (χ4v) is 2.92. The highest BCUT2D eigenvalue weighted by Gasteiger charge is 2.20. The number of para-hydroxylation sites is 2. The van der Waals surface area contributed by atoms with Gasteiger partial charge in [0.15, 0.2) is 0 Å². The lowest BCUT2D eigenvalue weighted by atomic mass is 10.2. The van der Waals surface area contributed by atoms with E-state index in [1.807, 2.05) is 23.1 Å². The number of benzene rings is 2. The van der Waals surface area contributed by atoms with Crippen molar-refractivity contribution >= 4 is 17.3 Å². The number of nitrogens with one attached hydrogen (secondary N) is 1. The SMILES string of the molecule is O=C(CCNc1ccccc1F)N1CCN(c2ccccc2)CC1. The Morgan fingerprint density at radius 1 is 0.958 bits per heavy atom. The molecule has 1 N–H and O–H groups in total. The number of nitrogens with zero attached hydrogens (tertiary/aromatic N) is 2. The minimum absolute atomic E-state index is 0.117. The van der Waals surface area contributed by atoms with Gasteiger partial charge in [0.05, 0.1) is 5.69 Å². The van der Waals surface area contributed by atoms with Crippen molar-refractivity contribution in [2.45, 2.75) is 6.42 Å². The summed E-state index contributed by atoms with van der Waals surface area (Å²) < 4.78 is 13.5. The molecule has 0 atom stereocenters. The molecule has 0 saturated carbocycles. The van der Waals surface area contributed by atoms with Crippen molar-refractivity contribution in [2.24, 2.45) is 0 Å². The largest absolute Gasteiger partial charge is 0.382 e. The molecule has 24 heavy (non-hydrogen) atoms. The van der Waals surface area contributed by atoms with E-state index in [2.05, 4.69) is 22.3 Å². The normalized spacial score (nSPS) is 14.5. The Kier molecular flexibility index (Phi) is 5.31. The minimum Gasteiger partial charge on any atom is -0.382 e. The molecule has 1 fully saturated rings. The summed E-state index contributed by atoms with van der Waals surface area (Å²) in [6.07, 6.45) is 0.375. The first kappa shape index (κ1) is 16.3. The van der Waals surface area contributed by atoms with Gasteiger partial charge in [-0.15, -0.1) is 0 Å². The summed E-state index contributed by atoms with van der Waals surface area (Å²) in [7, 11) is 0. The molecule has 126 valence electrons. The first-order chi connectivity index (χ1) is 11.7. The van der Waals surface area contributed by atoms with Gasteiger partial charge in [-0.3, -0.25) is 4.79 Å². The fourth-order valence-electron chi connectivity index (χ4n) is 2.92. The van der Waals surface area contributed by atoms with Crippen LogP contribution in [0.4, 0.5) is 15.8 Å². The zero-order chi connectivity index (χ0) is 16.8. The molecular formula is C19H22FN3O. The molecule has 1 saturated heterocycles. The maximum Gasteiger partial charge on any atom is 0.224 e. The van der Waals surface area contributed by atoms with Crippen LogP contribution in [0.15, 0.2) is 54.6 Å². The Labute approximate surface area is 141 Å². The summed E-state index contributed by atoms with van der Waals surface area (Å²) in [4.78, 5) is 16.5. The third-order valence-corrected chi connectivity index (χ3v) is 4.28. The number of hydrogen-bond donors (Lipinski definition) is 1. The second kappa shape index (κ2) is 7.81. The van der Waals surface area contributed by atoms with Crippen LogP contribution in [0.1, 0.15) is 6.42 Å². The lowest BCUT2D eigenvalue weighted by molar-refractivity contribution is -0.131. The molecule has 4 nitrogen and oxygen atoms in total. The Morgan fingerprint density at radius 2 is 1.62 bits per heavy atom. The first-order valence-electron chi connectivity index (χ1n) is 8.30. The number of rotatable bonds is 5. The second-order valence-electron chi connectivity index (χ2n) is 5.86. The van der Waals surface area contributed by atoms with Crippen molar-refractivity contribution in [1.82, 2.24) is 4.90 Å². The zero-order valence-electron chi connectivity index (χ0n) is 13.6. The number of carbonyl (C=O) groups is 1. The van der Waals surface area contributed by atoms with Gasteiger partial charge < -0.3 is 15.1 Å². The Morgan fingerprint density at radius 3 is 2.33 bits per heavy atom. The summed E-state index contributed by atoms with van der Waals surface area (Å²) in [5, 5.41) is 2.98. The van der Waals surface area contributed by atoms with Gasteiger partial charge in [-0.2, -0.15) is 0 Å². The summed E-state index contributed by atoms with van der Waals surface area (Å²) >= 11 is 0. The van der Waals surface area contributed by atoms with Crippen molar-refractivity contribution < 1.29 is 9.18 Å². The van der Waals surface area contributed by atoms with Crippen molar-refractivity contribution in [3.8, 4) is 0 Å². The van der Waals surface area contributed by atoms with E-state index in [1.54, 1.807) is 18.2 Å². The number of amides is 1. The van der Waals surface area contributed by atoms with Crippen LogP contribution in [0.2, 0.25) is 0 Å². The summed E-state index contributed by atoms with van der Waals surface area (Å²) in [5.41, 5.74) is 1.64. The smallest absolute Gasteiger partial charge is 0.224 e. The van der Waals surface area contributed by atoms with E-state index >= 15 is 0 Å². The van der Waals surface area contributed by atoms with Crippen LogP contribution in [0.3, 0.4) is 0 Å². The van der Waals surface area contributed by atoms with Gasteiger partial charge in [0.2, 0.25) is 5.91 Å². The molecule has 5 heteroatoms. The number of piperazine rings is 1. The van der Waals surface area contributed by atoms with Crippen molar-refractivity contribution in [1.29, 1.82) is 0 Å². The zero-order valence-corrected chi connectivity index (χ0v) is 13.6. The number of halogens is 1. The summed E-state index contributed by atoms with van der Waals surface area (Å²) in [6.45, 7) is 3.59. The molecule has 1 amide bonds. The lowest BCUT2D eigenvalue weighted by Crippen LogP contribution is -2.49. The lowest BCUT2D eigenvalue weighted by Gasteiger charge is -2.36. The van der Waals surface area contributed by atoms with Gasteiger partial charge in [-0.25, -0.2) is 4.39 Å². The number of hydrogen-bond acceptors (Lipinski definition) is 3. The first-order valence-corrected chi connectivity index (χ1v) is 8.30. The van der Waals surface area contributed by atoms with E-state index in [0.717, 1.165) is 26.2 Å². The number of carbonyl (C=O) groups excluding carboxylic acids is 1. The Balaban J connectivity index is 1.43. The van der Waals surface area contributed by atoms with E-state index in [-0.39, 0.29) is 11.7 Å². The molecule has 2 aromatic carbocycles. The van der Waals surface area contributed by atoms with Gasteiger partial charge in [0, 0.05) is 44.8 Å². The highest BCUT2D eigenvalue weighted by atomic mass is 19.1. The van der Waals surface area contributed by atoms with E-state index in [0.29, 0.717) is 18.7 Å². The highest BCUT2D eigenvalue weighted by Crippen LogP contribution is 2.16. The van der Waals surface area contributed by atoms with E-state index in [1.165, 1.54) is 11.8 Å². The molecule has 1 aliphatic heterocycles. The predicted octanol–water partition coefficient (Wildman–Crippen LogP) is 2.98. The molecule has 1 heterocycles. The molecule has 2 aromatic rings. The molecule has 0 aromatic heterocycles. The van der Waals surface area contributed by atoms with Crippen LogP contribution in [0.5, 0.6) is 0 Å². The van der Waals surface area contributed by atoms with Gasteiger partial charge in [0.1, 0.15) is 5.82 Å². The van der Waals surface area contributed by atoms with E-state index < -0.39 is 0 Å². The van der Waals surface area contributed by atoms with E-state index in [4.69, 9.17) is 0 Å². The Hall–Kier alpha value is -2.56. The maximum absolute atomic E-state index is 13.5. The van der Waals surface area contributed by atoms with Crippen molar-refractivity contribution in [3.63, 3.8) is 0 Å². The quantitative estimate of drug-likeness (QED) is 0.917. The topological polar surface area (TPSA) is 35.6 Å². The molecule has 0 aliphatic carbocycles. The van der Waals surface area contributed by atoms with Gasteiger partial charge in [-0.05, 0) is 24.3 Å². The third-order valence-electron chi connectivity index (χ3n) is 4.28. The van der Waals surface area contributed by atoms with Gasteiger partial charge >= 0.3 is 0 Å². The minimum atomic E-state index is -0.290. The fraction of sp³-hybridized carbons (Fsp3) is 0.316. The van der Waals surface area contributed by atoms with Crippen LogP contribution in [0, 0.1) is 5.82 Å². The molecule has 1 aliphatic rings. The second-order valence-corrected chi connectivity index (χ2v) is 5.86. The van der Waals surface area contributed by atoms with Crippen LogP contribution in [0.25, 0.3) is 0 Å². The average molecular weight is 327 g/mol. The highest BCUT2D eigenvalue weighted by molar-refractivity contribution is 5.77. The average Bonchev–Trinajstić information content (AvgIpc) is 2.64. The monoisotopic (exact) mass is 327 g/mol. The van der Waals surface area contributed by atoms with Gasteiger partial charge in [0.25, 0.3) is 0 Å². The Bertz CT molecular complexity index is 669. The molecule has 0 bridgehead atoms. The summed E-state index contributed by atoms with van der Waals surface area (Å²) in [6, 6.07) is 16.8. The van der Waals surface area contributed by atoms with Crippen LogP contribution < -0.4 is 10.2 Å². The van der Waals surface area contributed by atoms with Crippen molar-refractivity contribution in [3.05, 3.63) is 60.4 Å². The molecular weight excluding hydrogens is 305 g/mol. The predicted molar refractivity (Wildman–Crippen MR) is 94.7 cm³/mol.